The molecule has 7 nitrogen and oxygen atoms in total. The highest BCUT2D eigenvalue weighted by molar-refractivity contribution is 6.01. The van der Waals surface area contributed by atoms with Crippen LogP contribution in [0, 0.1) is 13.8 Å². The number of amides is 1. The predicted molar refractivity (Wildman–Crippen MR) is 92.7 cm³/mol. The van der Waals surface area contributed by atoms with Crippen LogP contribution in [0.2, 0.25) is 0 Å². The van der Waals surface area contributed by atoms with Crippen molar-refractivity contribution in [3.63, 3.8) is 0 Å². The van der Waals surface area contributed by atoms with Crippen LogP contribution in [0.5, 0.6) is 11.5 Å². The molecule has 25 heavy (non-hydrogen) atoms. The van der Waals surface area contributed by atoms with Gasteiger partial charge < -0.3 is 24.9 Å². The van der Waals surface area contributed by atoms with Gasteiger partial charge in [0.2, 0.25) is 0 Å². The highest BCUT2D eigenvalue weighted by Gasteiger charge is 2.23. The summed E-state index contributed by atoms with van der Waals surface area (Å²) in [6.07, 6.45) is 0. The van der Waals surface area contributed by atoms with E-state index < -0.39 is 5.97 Å². The molecule has 2 rings (SSSR count). The summed E-state index contributed by atoms with van der Waals surface area (Å²) in [5.41, 5.74) is 2.05. The number of hydrogen-bond donors (Lipinski definition) is 3. The van der Waals surface area contributed by atoms with Gasteiger partial charge in [0, 0.05) is 11.3 Å². The minimum atomic E-state index is -1.10. The van der Waals surface area contributed by atoms with Crippen LogP contribution < -0.4 is 14.8 Å². The molecule has 1 aromatic carbocycles. The third kappa shape index (κ3) is 3.60. The molecular formula is C18H22N2O5. The van der Waals surface area contributed by atoms with Crippen molar-refractivity contribution >= 4 is 11.9 Å². The zero-order valence-corrected chi connectivity index (χ0v) is 14.9. The second-order valence-electron chi connectivity index (χ2n) is 5.73. The fraction of sp³-hybridized carbons (Fsp3) is 0.333. The Bertz CT molecular complexity index is 810. The zero-order chi connectivity index (χ0) is 18.7. The second-order valence-corrected chi connectivity index (χ2v) is 5.73. The Kier molecular flexibility index (Phi) is 5.36. The van der Waals surface area contributed by atoms with E-state index in [9.17, 15) is 14.7 Å². The molecule has 1 heterocycles. The molecule has 0 aliphatic heterocycles. The maximum Gasteiger partial charge on any atom is 0.352 e. The lowest BCUT2D eigenvalue weighted by Gasteiger charge is -2.18. The Morgan fingerprint density at radius 2 is 1.88 bits per heavy atom. The smallest absolute Gasteiger partial charge is 0.352 e. The van der Waals surface area contributed by atoms with Gasteiger partial charge in [0.15, 0.2) is 0 Å². The van der Waals surface area contributed by atoms with E-state index >= 15 is 0 Å². The van der Waals surface area contributed by atoms with Crippen molar-refractivity contribution in [1.82, 2.24) is 10.3 Å². The maximum absolute atomic E-state index is 12.7. The Balaban J connectivity index is 2.31. The monoisotopic (exact) mass is 346 g/mol. The van der Waals surface area contributed by atoms with Crippen LogP contribution in [-0.2, 0) is 0 Å². The van der Waals surface area contributed by atoms with E-state index in [2.05, 4.69) is 10.3 Å². The summed E-state index contributed by atoms with van der Waals surface area (Å²) in [7, 11) is 3.12. The summed E-state index contributed by atoms with van der Waals surface area (Å²) in [4.78, 5) is 26.6. The van der Waals surface area contributed by atoms with Crippen LogP contribution in [0.4, 0.5) is 0 Å². The summed E-state index contributed by atoms with van der Waals surface area (Å²) in [6.45, 7) is 5.11. The van der Waals surface area contributed by atoms with Crippen LogP contribution in [0.1, 0.15) is 50.6 Å². The molecule has 0 bridgehead atoms. The molecule has 0 fully saturated rings. The predicted octanol–water partition coefficient (Wildman–Crippen LogP) is 2.84. The van der Waals surface area contributed by atoms with Gasteiger partial charge >= 0.3 is 5.97 Å². The third-order valence-corrected chi connectivity index (χ3v) is 4.13. The first-order valence-electron chi connectivity index (χ1n) is 7.75. The van der Waals surface area contributed by atoms with Crippen molar-refractivity contribution < 1.29 is 24.2 Å². The van der Waals surface area contributed by atoms with Crippen molar-refractivity contribution in [3.05, 3.63) is 46.3 Å². The maximum atomic E-state index is 12.7. The molecule has 1 unspecified atom stereocenters. The van der Waals surface area contributed by atoms with E-state index in [-0.39, 0.29) is 17.6 Å². The lowest BCUT2D eigenvalue weighted by Crippen LogP contribution is -2.27. The molecule has 0 aliphatic carbocycles. The summed E-state index contributed by atoms with van der Waals surface area (Å²) < 4.78 is 10.6. The molecule has 2 aromatic rings. The molecule has 0 aliphatic rings. The van der Waals surface area contributed by atoms with Crippen molar-refractivity contribution in [1.29, 1.82) is 0 Å². The number of aryl methyl sites for hydroxylation is 1. The van der Waals surface area contributed by atoms with Crippen molar-refractivity contribution in [2.45, 2.75) is 26.8 Å². The van der Waals surface area contributed by atoms with Crippen molar-refractivity contribution in [2.75, 3.05) is 14.2 Å². The van der Waals surface area contributed by atoms with Crippen LogP contribution in [0.15, 0.2) is 18.2 Å². The molecule has 1 atom stereocenters. The molecule has 7 heteroatoms. The number of carboxylic acids is 1. The number of H-pyrrole nitrogens is 1. The number of carbonyl (C=O) groups excluding carboxylic acids is 1. The van der Waals surface area contributed by atoms with Crippen LogP contribution in [0.3, 0.4) is 0 Å². The van der Waals surface area contributed by atoms with Crippen molar-refractivity contribution in [3.8, 4) is 11.5 Å². The highest BCUT2D eigenvalue weighted by Crippen LogP contribution is 2.29. The minimum Gasteiger partial charge on any atom is -0.497 e. The minimum absolute atomic E-state index is 0.0225. The number of aromatic carboxylic acids is 1. The summed E-state index contributed by atoms with van der Waals surface area (Å²) in [5.74, 6) is -0.167. The van der Waals surface area contributed by atoms with Crippen LogP contribution >= 0.6 is 0 Å². The van der Waals surface area contributed by atoms with Crippen LogP contribution in [0.25, 0.3) is 0 Å². The van der Waals surface area contributed by atoms with Gasteiger partial charge in [-0.3, -0.25) is 4.79 Å². The van der Waals surface area contributed by atoms with E-state index in [1.165, 1.54) is 0 Å². The van der Waals surface area contributed by atoms with E-state index in [0.717, 1.165) is 5.56 Å². The van der Waals surface area contributed by atoms with Gasteiger partial charge in [-0.05, 0) is 44.5 Å². The largest absolute Gasteiger partial charge is 0.497 e. The average molecular weight is 346 g/mol. The second kappa shape index (κ2) is 7.29. The van der Waals surface area contributed by atoms with Crippen LogP contribution in [-0.4, -0.2) is 36.2 Å². The van der Waals surface area contributed by atoms with Gasteiger partial charge in [-0.2, -0.15) is 0 Å². The number of carbonyl (C=O) groups is 2. The van der Waals surface area contributed by atoms with Gasteiger partial charge in [-0.15, -0.1) is 0 Å². The SMILES string of the molecule is COc1ccc(OC)c(C(C)NC(=O)c2c(C)[nH]c(C(=O)O)c2C)c1. The number of aromatic amines is 1. The van der Waals surface area contributed by atoms with E-state index in [4.69, 9.17) is 9.47 Å². The fourth-order valence-electron chi connectivity index (χ4n) is 2.83. The molecule has 134 valence electrons. The number of aromatic nitrogens is 1. The number of hydrogen-bond acceptors (Lipinski definition) is 4. The normalized spacial score (nSPS) is 11.7. The summed E-state index contributed by atoms with van der Waals surface area (Å²) in [6, 6.07) is 4.98. The van der Waals surface area contributed by atoms with Gasteiger partial charge in [0.1, 0.15) is 17.2 Å². The van der Waals surface area contributed by atoms with E-state index in [1.807, 2.05) is 6.92 Å². The Morgan fingerprint density at radius 3 is 2.40 bits per heavy atom. The van der Waals surface area contributed by atoms with E-state index in [1.54, 1.807) is 46.3 Å². The Labute approximate surface area is 146 Å². The first-order chi connectivity index (χ1) is 11.8. The highest BCUT2D eigenvalue weighted by atomic mass is 16.5. The summed E-state index contributed by atoms with van der Waals surface area (Å²) in [5, 5.41) is 12.1. The molecule has 0 saturated heterocycles. The summed E-state index contributed by atoms with van der Waals surface area (Å²) >= 11 is 0. The first kappa shape index (κ1) is 18.4. The molecular weight excluding hydrogens is 324 g/mol. The first-order valence-corrected chi connectivity index (χ1v) is 7.75. The standard InChI is InChI=1S/C18H22N2O5/c1-9-15(11(3)19-16(9)18(22)23)17(21)20-10(2)13-8-12(24-4)6-7-14(13)25-5/h6-8,10,19H,1-5H3,(H,20,21)(H,22,23). The van der Waals surface area contributed by atoms with Crippen molar-refractivity contribution in [2.24, 2.45) is 0 Å². The number of methoxy groups -OCH3 is 2. The topological polar surface area (TPSA) is 101 Å². The molecule has 0 saturated carbocycles. The molecule has 3 N–H and O–H groups in total. The Hall–Kier alpha value is -2.96. The molecule has 0 spiro atoms. The van der Waals surface area contributed by atoms with Gasteiger partial charge in [-0.1, -0.05) is 0 Å². The lowest BCUT2D eigenvalue weighted by molar-refractivity contribution is 0.0690. The number of carboxylic acid groups (broad SMARTS) is 1. The molecule has 1 amide bonds. The zero-order valence-electron chi connectivity index (χ0n) is 14.9. The number of ether oxygens (including phenoxy) is 2. The third-order valence-electron chi connectivity index (χ3n) is 4.13. The number of benzene rings is 1. The average Bonchev–Trinajstić information content (AvgIpc) is 2.88. The number of nitrogens with one attached hydrogen (secondary N) is 2. The molecule has 0 radical (unpaired) electrons. The Morgan fingerprint density at radius 1 is 1.20 bits per heavy atom. The van der Waals surface area contributed by atoms with Gasteiger partial charge in [0.25, 0.3) is 5.91 Å². The van der Waals surface area contributed by atoms with E-state index in [0.29, 0.717) is 28.3 Å². The quantitative estimate of drug-likeness (QED) is 0.747. The number of rotatable bonds is 6. The fourth-order valence-corrected chi connectivity index (χ4v) is 2.83. The lowest BCUT2D eigenvalue weighted by atomic mass is 10.0. The van der Waals surface area contributed by atoms with Gasteiger partial charge in [-0.25, -0.2) is 4.79 Å². The van der Waals surface area contributed by atoms with Gasteiger partial charge in [0.05, 0.1) is 25.8 Å². The molecule has 1 aromatic heterocycles.